The quantitative estimate of drug-likeness (QED) is 0.311. The number of carbonyl (C=O) groups is 1. The second-order valence-electron chi connectivity index (χ2n) is 7.92. The van der Waals surface area contributed by atoms with Gasteiger partial charge >= 0.3 is 5.69 Å². The van der Waals surface area contributed by atoms with Gasteiger partial charge in [-0.05, 0) is 18.1 Å². The summed E-state index contributed by atoms with van der Waals surface area (Å²) in [5, 5.41) is -0.0408. The molecule has 1 N–H and O–H groups in total. The van der Waals surface area contributed by atoms with Crippen molar-refractivity contribution >= 4 is 14.6 Å². The number of nitrogens with one attached hydrogen (secondary N) is 1. The fraction of sp³-hybridized carbons (Fsp3) is 0.722. The van der Waals surface area contributed by atoms with Gasteiger partial charge in [0.05, 0.1) is 26.4 Å². The summed E-state index contributed by atoms with van der Waals surface area (Å²) >= 11 is 0. The molecule has 0 amide bonds. The molecule has 1 aromatic rings. The number of aromatic amines is 1. The smallest absolute Gasteiger partial charge is 0.330 e. The van der Waals surface area contributed by atoms with Crippen molar-refractivity contribution in [2.75, 3.05) is 33.5 Å². The van der Waals surface area contributed by atoms with Gasteiger partial charge in [-0.3, -0.25) is 14.3 Å². The third kappa shape index (κ3) is 7.44. The Bertz CT molecular complexity index is 724. The molecule has 2 atom stereocenters. The van der Waals surface area contributed by atoms with Crippen LogP contribution >= 0.6 is 0 Å². The third-order valence-corrected chi connectivity index (χ3v) is 9.25. The average molecular weight is 417 g/mol. The molecular formula is C18H32N2O7Si. The Morgan fingerprint density at radius 2 is 1.89 bits per heavy atom. The monoisotopic (exact) mass is 416 g/mol. The summed E-state index contributed by atoms with van der Waals surface area (Å²) < 4.78 is 23.4. The lowest BCUT2D eigenvalue weighted by molar-refractivity contribution is -0.138. The Balaban J connectivity index is 2.99. The predicted octanol–water partition coefficient (Wildman–Crippen LogP) is 1.30. The van der Waals surface area contributed by atoms with E-state index in [9.17, 15) is 14.4 Å². The summed E-state index contributed by atoms with van der Waals surface area (Å²) in [6.07, 6.45) is 0.153. The highest BCUT2D eigenvalue weighted by molar-refractivity contribution is 6.74. The first-order valence-electron chi connectivity index (χ1n) is 9.14. The van der Waals surface area contributed by atoms with Crippen molar-refractivity contribution in [3.05, 3.63) is 33.1 Å². The summed E-state index contributed by atoms with van der Waals surface area (Å²) in [7, 11) is -0.580. The summed E-state index contributed by atoms with van der Waals surface area (Å²) in [6.45, 7) is 11.2. The number of H-pyrrole nitrogens is 1. The first-order valence-corrected chi connectivity index (χ1v) is 12.1. The van der Waals surface area contributed by atoms with Gasteiger partial charge in [0.2, 0.25) is 0 Å². The molecule has 0 aliphatic rings. The largest absolute Gasteiger partial charge is 0.412 e. The molecule has 1 aromatic heterocycles. The molecule has 1 heterocycles. The molecule has 0 saturated heterocycles. The van der Waals surface area contributed by atoms with E-state index in [1.54, 1.807) is 7.11 Å². The normalized spacial score (nSPS) is 14.6. The fourth-order valence-corrected chi connectivity index (χ4v) is 2.98. The van der Waals surface area contributed by atoms with Crippen LogP contribution < -0.4 is 11.2 Å². The van der Waals surface area contributed by atoms with Crippen molar-refractivity contribution in [3.8, 4) is 0 Å². The molecule has 160 valence electrons. The van der Waals surface area contributed by atoms with Crippen molar-refractivity contribution in [2.45, 2.75) is 51.2 Å². The average Bonchev–Trinajstić information content (AvgIpc) is 2.60. The molecule has 0 fully saturated rings. The lowest BCUT2D eigenvalue weighted by Gasteiger charge is -2.37. The first kappa shape index (κ1) is 24.4. The van der Waals surface area contributed by atoms with Crippen LogP contribution in [-0.2, 0) is 23.4 Å². The van der Waals surface area contributed by atoms with E-state index in [2.05, 4.69) is 38.8 Å². The van der Waals surface area contributed by atoms with Gasteiger partial charge < -0.3 is 23.4 Å². The maximum Gasteiger partial charge on any atom is 0.330 e. The van der Waals surface area contributed by atoms with Crippen molar-refractivity contribution in [2.24, 2.45) is 0 Å². The summed E-state index contributed by atoms with van der Waals surface area (Å²) in [5.41, 5.74) is -1.15. The number of rotatable bonds is 12. The van der Waals surface area contributed by atoms with Gasteiger partial charge in [-0.1, -0.05) is 20.8 Å². The number of aromatic nitrogens is 2. The number of nitrogens with zero attached hydrogens (tertiary/aromatic N) is 1. The summed E-state index contributed by atoms with van der Waals surface area (Å²) in [6, 6.07) is 1.22. The molecule has 0 radical (unpaired) electrons. The fourth-order valence-electron chi connectivity index (χ4n) is 1.99. The lowest BCUT2D eigenvalue weighted by atomic mass is 10.2. The Labute approximate surface area is 166 Å². The second-order valence-corrected chi connectivity index (χ2v) is 12.7. The van der Waals surface area contributed by atoms with Crippen LogP contribution in [-0.4, -0.2) is 63.8 Å². The Morgan fingerprint density at radius 3 is 2.43 bits per heavy atom. The number of aldehydes is 1. The molecule has 10 heteroatoms. The molecular weight excluding hydrogens is 384 g/mol. The van der Waals surface area contributed by atoms with Gasteiger partial charge in [0, 0.05) is 19.4 Å². The van der Waals surface area contributed by atoms with E-state index in [4.69, 9.17) is 18.6 Å². The van der Waals surface area contributed by atoms with E-state index in [-0.39, 0.29) is 18.3 Å². The maximum absolute atomic E-state index is 12.2. The first-order chi connectivity index (χ1) is 13.0. The van der Waals surface area contributed by atoms with Crippen LogP contribution in [0.2, 0.25) is 18.1 Å². The highest BCUT2D eigenvalue weighted by Gasteiger charge is 2.38. The van der Waals surface area contributed by atoms with E-state index in [1.807, 2.05) is 0 Å². The van der Waals surface area contributed by atoms with Crippen LogP contribution in [0.15, 0.2) is 21.9 Å². The molecule has 28 heavy (non-hydrogen) atoms. The maximum atomic E-state index is 12.2. The minimum atomic E-state index is -2.13. The minimum Gasteiger partial charge on any atom is -0.412 e. The Morgan fingerprint density at radius 1 is 1.21 bits per heavy atom. The standard InChI is InChI=1S/C18H32N2O7Si/c1-18(2,3)28(5,6)26-13-16(20-8-7-15(22)19-17(20)23)27-14(11-21)12-25-10-9-24-4/h7-8,11,14,16H,9-10,12-13H2,1-6H3,(H,19,22,23)/t14-,16-/m1/s1. The second kappa shape index (κ2) is 10.8. The van der Waals surface area contributed by atoms with E-state index >= 15 is 0 Å². The van der Waals surface area contributed by atoms with Crippen molar-refractivity contribution in [3.63, 3.8) is 0 Å². The molecule has 0 unspecified atom stereocenters. The van der Waals surface area contributed by atoms with E-state index < -0.39 is 31.9 Å². The van der Waals surface area contributed by atoms with Crippen LogP contribution in [0.5, 0.6) is 0 Å². The van der Waals surface area contributed by atoms with Gasteiger partial charge in [0.1, 0.15) is 6.10 Å². The topological polar surface area (TPSA) is 109 Å². The van der Waals surface area contributed by atoms with Gasteiger partial charge in [0.25, 0.3) is 5.56 Å². The summed E-state index contributed by atoms with van der Waals surface area (Å²) in [4.78, 5) is 37.2. The highest BCUT2D eigenvalue weighted by Crippen LogP contribution is 2.37. The van der Waals surface area contributed by atoms with E-state index in [0.29, 0.717) is 19.5 Å². The van der Waals surface area contributed by atoms with E-state index in [0.717, 1.165) is 0 Å². The highest BCUT2D eigenvalue weighted by atomic mass is 28.4. The van der Waals surface area contributed by atoms with Crippen molar-refractivity contribution < 1.29 is 23.4 Å². The molecule has 0 saturated carbocycles. The van der Waals surface area contributed by atoms with Crippen LogP contribution in [0.4, 0.5) is 0 Å². The summed E-state index contributed by atoms with van der Waals surface area (Å²) in [5.74, 6) is 0. The van der Waals surface area contributed by atoms with Crippen LogP contribution in [0.25, 0.3) is 0 Å². The number of methoxy groups -OCH3 is 1. The molecule has 0 aliphatic heterocycles. The number of hydrogen-bond donors (Lipinski definition) is 1. The molecule has 0 spiro atoms. The zero-order valence-electron chi connectivity index (χ0n) is 17.5. The zero-order chi connectivity index (χ0) is 21.4. The molecule has 1 rings (SSSR count). The zero-order valence-corrected chi connectivity index (χ0v) is 18.5. The van der Waals surface area contributed by atoms with Crippen LogP contribution in [0, 0.1) is 0 Å². The number of ether oxygens (including phenoxy) is 3. The predicted molar refractivity (Wildman–Crippen MR) is 107 cm³/mol. The van der Waals surface area contributed by atoms with Crippen LogP contribution in [0.1, 0.15) is 27.0 Å². The van der Waals surface area contributed by atoms with Crippen molar-refractivity contribution in [1.29, 1.82) is 0 Å². The SMILES string of the molecule is COCCOC[C@@H](C=O)O[C@H](CO[Si](C)(C)C(C)(C)C)n1ccc(=O)[nH]c1=O. The Kier molecular flexibility index (Phi) is 9.44. The van der Waals surface area contributed by atoms with Gasteiger partial charge in [0.15, 0.2) is 20.8 Å². The lowest BCUT2D eigenvalue weighted by Crippen LogP contribution is -2.44. The van der Waals surface area contributed by atoms with E-state index in [1.165, 1.54) is 16.8 Å². The van der Waals surface area contributed by atoms with Gasteiger partial charge in [-0.2, -0.15) is 0 Å². The minimum absolute atomic E-state index is 0.0154. The molecule has 0 aliphatic carbocycles. The number of carbonyl (C=O) groups excluding carboxylic acids is 1. The molecule has 0 aromatic carbocycles. The molecule has 9 nitrogen and oxygen atoms in total. The van der Waals surface area contributed by atoms with Gasteiger partial charge in [-0.15, -0.1) is 0 Å². The molecule has 0 bridgehead atoms. The Hall–Kier alpha value is -1.59. The third-order valence-electron chi connectivity index (χ3n) is 4.75. The van der Waals surface area contributed by atoms with Crippen molar-refractivity contribution in [1.82, 2.24) is 9.55 Å². The van der Waals surface area contributed by atoms with Crippen LogP contribution in [0.3, 0.4) is 0 Å². The number of hydrogen-bond acceptors (Lipinski definition) is 7. The van der Waals surface area contributed by atoms with Gasteiger partial charge in [-0.25, -0.2) is 4.79 Å².